The van der Waals surface area contributed by atoms with Crippen molar-refractivity contribution < 1.29 is 19.2 Å². The molecule has 0 aliphatic carbocycles. The molecule has 1 aromatic carbocycles. The molecule has 5 nitrogen and oxygen atoms in total. The fourth-order valence-corrected chi connectivity index (χ4v) is 1.96. The van der Waals surface area contributed by atoms with Gasteiger partial charge in [-0.2, -0.15) is 0 Å². The molecule has 0 aromatic heterocycles. The van der Waals surface area contributed by atoms with Gasteiger partial charge in [0.25, 0.3) is 5.91 Å². The van der Waals surface area contributed by atoms with Gasteiger partial charge in [0.05, 0.1) is 25.8 Å². The van der Waals surface area contributed by atoms with Crippen LogP contribution in [0.3, 0.4) is 0 Å². The molecule has 0 radical (unpaired) electrons. The average molecular weight is 267 g/mol. The van der Waals surface area contributed by atoms with Crippen molar-refractivity contribution in [2.45, 2.75) is 26.4 Å². The minimum atomic E-state index is -0.300. The Balaban J connectivity index is 2.96. The second-order valence-electron chi connectivity index (χ2n) is 4.81. The number of rotatable bonds is 7. The van der Waals surface area contributed by atoms with Crippen molar-refractivity contribution in [1.29, 1.82) is 0 Å². The summed E-state index contributed by atoms with van der Waals surface area (Å²) < 4.78 is 10.6. The summed E-state index contributed by atoms with van der Waals surface area (Å²) in [4.78, 5) is 12.2. The van der Waals surface area contributed by atoms with E-state index in [1.165, 1.54) is 0 Å². The highest BCUT2D eigenvalue weighted by Gasteiger charge is 2.19. The fraction of sp³-hybridized carbons (Fsp3) is 0.500. The molecule has 0 heterocycles. The minimum absolute atomic E-state index is 0.295. The predicted molar refractivity (Wildman–Crippen MR) is 73.4 cm³/mol. The smallest absolute Gasteiger partial charge is 0.272 e. The highest BCUT2D eigenvalue weighted by molar-refractivity contribution is 5.74. The maximum Gasteiger partial charge on any atom is 0.272 e. The zero-order valence-electron chi connectivity index (χ0n) is 12.0. The van der Waals surface area contributed by atoms with Gasteiger partial charge in [-0.1, -0.05) is 0 Å². The molecule has 106 valence electrons. The second-order valence-corrected chi connectivity index (χ2v) is 4.81. The topological polar surface area (TPSA) is 66.0 Å². The van der Waals surface area contributed by atoms with Crippen molar-refractivity contribution in [2.24, 2.45) is 5.73 Å². The van der Waals surface area contributed by atoms with E-state index in [-0.39, 0.29) is 5.91 Å². The van der Waals surface area contributed by atoms with Crippen molar-refractivity contribution >= 4 is 5.91 Å². The number of ether oxygens (including phenoxy) is 2. The summed E-state index contributed by atoms with van der Waals surface area (Å²) in [6.45, 7) is 5.09. The van der Waals surface area contributed by atoms with Crippen LogP contribution < -0.4 is 20.1 Å². The lowest BCUT2D eigenvalue weighted by Gasteiger charge is -2.23. The molecule has 1 unspecified atom stereocenters. The number of benzene rings is 1. The van der Waals surface area contributed by atoms with Gasteiger partial charge in [0.15, 0.2) is 6.54 Å². The van der Waals surface area contributed by atoms with Gasteiger partial charge >= 0.3 is 0 Å². The molecule has 5 heteroatoms. The van der Waals surface area contributed by atoms with E-state index in [0.717, 1.165) is 22.0 Å². The van der Waals surface area contributed by atoms with E-state index in [2.05, 4.69) is 13.8 Å². The molecule has 19 heavy (non-hydrogen) atoms. The number of carbonyl (C=O) groups is 1. The molecule has 1 atom stereocenters. The molecular weight excluding hydrogens is 244 g/mol. The quantitative estimate of drug-likeness (QED) is 0.730. The first-order chi connectivity index (χ1) is 8.97. The van der Waals surface area contributed by atoms with Crippen LogP contribution in [0.25, 0.3) is 0 Å². The monoisotopic (exact) mass is 267 g/mol. The normalized spacial score (nSPS) is 12.3. The lowest BCUT2D eigenvalue weighted by molar-refractivity contribution is -0.927. The molecule has 1 aromatic rings. The van der Waals surface area contributed by atoms with Gasteiger partial charge in [-0.15, -0.1) is 0 Å². The van der Waals surface area contributed by atoms with Crippen LogP contribution in [0, 0.1) is 0 Å². The van der Waals surface area contributed by atoms with Gasteiger partial charge in [-0.25, -0.2) is 0 Å². The van der Waals surface area contributed by atoms with Crippen LogP contribution in [0.5, 0.6) is 11.5 Å². The van der Waals surface area contributed by atoms with E-state index in [1.807, 2.05) is 18.2 Å². The van der Waals surface area contributed by atoms with E-state index in [1.54, 1.807) is 14.2 Å². The summed E-state index contributed by atoms with van der Waals surface area (Å²) in [7, 11) is 3.26. The van der Waals surface area contributed by atoms with Crippen LogP contribution >= 0.6 is 0 Å². The molecule has 0 aliphatic rings. The summed E-state index contributed by atoms with van der Waals surface area (Å²) in [5.41, 5.74) is 6.30. The molecule has 0 spiro atoms. The molecular formula is C14H23N2O3+. The van der Waals surface area contributed by atoms with E-state index in [4.69, 9.17) is 15.2 Å². The van der Waals surface area contributed by atoms with Crippen molar-refractivity contribution in [1.82, 2.24) is 0 Å². The highest BCUT2D eigenvalue weighted by atomic mass is 16.5. The molecule has 0 fully saturated rings. The first-order valence-corrected chi connectivity index (χ1v) is 6.31. The zero-order valence-corrected chi connectivity index (χ0v) is 12.0. The number of amides is 1. The Kier molecular flexibility index (Phi) is 5.63. The lowest BCUT2D eigenvalue weighted by atomic mass is 10.1. The molecule has 0 saturated heterocycles. The number of quaternary nitrogens is 1. The van der Waals surface area contributed by atoms with Gasteiger partial charge in [0, 0.05) is 0 Å². The molecule has 0 bridgehead atoms. The summed E-state index contributed by atoms with van der Waals surface area (Å²) in [6.07, 6.45) is 0. The van der Waals surface area contributed by atoms with Gasteiger partial charge in [0.1, 0.15) is 18.0 Å². The molecule has 0 saturated carbocycles. The van der Waals surface area contributed by atoms with E-state index in [9.17, 15) is 4.79 Å². The summed E-state index contributed by atoms with van der Waals surface area (Å²) in [6, 6.07) is 5.95. The Morgan fingerprint density at radius 2 is 2.00 bits per heavy atom. The number of methoxy groups -OCH3 is 2. The number of nitrogens with one attached hydrogen (secondary N) is 1. The number of hydrogen-bond acceptors (Lipinski definition) is 3. The Bertz CT molecular complexity index is 433. The zero-order chi connectivity index (χ0) is 14.4. The van der Waals surface area contributed by atoms with Crippen LogP contribution in [0.1, 0.15) is 19.4 Å². The third-order valence-electron chi connectivity index (χ3n) is 3.12. The van der Waals surface area contributed by atoms with Crippen LogP contribution in [0.4, 0.5) is 0 Å². The summed E-state index contributed by atoms with van der Waals surface area (Å²) in [5, 5.41) is 0. The predicted octanol–water partition coefficient (Wildman–Crippen LogP) is -0.0176. The Hall–Kier alpha value is -1.75. The maximum absolute atomic E-state index is 11.1. The second kappa shape index (κ2) is 6.99. The third kappa shape index (κ3) is 4.44. The fourth-order valence-electron chi connectivity index (χ4n) is 1.96. The van der Waals surface area contributed by atoms with E-state index < -0.39 is 0 Å². The first kappa shape index (κ1) is 15.3. The number of primary amides is 1. The van der Waals surface area contributed by atoms with Crippen LogP contribution in [0.15, 0.2) is 18.2 Å². The molecule has 0 aliphatic heterocycles. The summed E-state index contributed by atoms with van der Waals surface area (Å²) in [5.74, 6) is 1.27. The molecule has 3 N–H and O–H groups in total. The van der Waals surface area contributed by atoms with Crippen LogP contribution in [-0.4, -0.2) is 32.7 Å². The van der Waals surface area contributed by atoms with Crippen molar-refractivity contribution in [2.75, 3.05) is 20.8 Å². The number of nitrogens with two attached hydrogens (primary N) is 1. The first-order valence-electron chi connectivity index (χ1n) is 6.31. The Morgan fingerprint density at radius 3 is 2.47 bits per heavy atom. The van der Waals surface area contributed by atoms with Gasteiger partial charge < -0.3 is 20.1 Å². The average Bonchev–Trinajstić information content (AvgIpc) is 2.37. The van der Waals surface area contributed by atoms with Crippen LogP contribution in [0.2, 0.25) is 0 Å². The highest BCUT2D eigenvalue weighted by Crippen LogP contribution is 2.23. The summed E-state index contributed by atoms with van der Waals surface area (Å²) >= 11 is 0. The van der Waals surface area contributed by atoms with Crippen molar-refractivity contribution in [3.63, 3.8) is 0 Å². The van der Waals surface area contributed by atoms with E-state index >= 15 is 0 Å². The largest absolute Gasteiger partial charge is 0.497 e. The SMILES string of the molecule is COc1ccc(OC)c(C[NH+](CC(N)=O)C(C)C)c1. The molecule has 1 rings (SSSR count). The standard InChI is InChI=1S/C14H22N2O3/c1-10(2)16(9-14(15)17)8-11-7-12(18-3)5-6-13(11)19-4/h5-7,10H,8-9H2,1-4H3,(H2,15,17)/p+1. The van der Waals surface area contributed by atoms with Crippen molar-refractivity contribution in [3.05, 3.63) is 23.8 Å². The number of carbonyl (C=O) groups excluding carboxylic acids is 1. The Labute approximate surface area is 114 Å². The van der Waals surface area contributed by atoms with Crippen LogP contribution in [-0.2, 0) is 11.3 Å². The van der Waals surface area contributed by atoms with Crippen molar-refractivity contribution in [3.8, 4) is 11.5 Å². The van der Waals surface area contributed by atoms with E-state index in [0.29, 0.717) is 19.1 Å². The molecule has 1 amide bonds. The maximum atomic E-state index is 11.1. The third-order valence-corrected chi connectivity index (χ3v) is 3.12. The number of hydrogen-bond donors (Lipinski definition) is 2. The lowest BCUT2D eigenvalue weighted by Crippen LogP contribution is -3.14. The van der Waals surface area contributed by atoms with Gasteiger partial charge in [0.2, 0.25) is 0 Å². The van der Waals surface area contributed by atoms with Gasteiger partial charge in [-0.05, 0) is 32.0 Å². The minimum Gasteiger partial charge on any atom is -0.497 e. The van der Waals surface area contributed by atoms with Gasteiger partial charge in [-0.3, -0.25) is 4.79 Å². The Morgan fingerprint density at radius 1 is 1.32 bits per heavy atom.